The normalized spacial score (nSPS) is 27.6. The third-order valence-corrected chi connectivity index (χ3v) is 3.83. The summed E-state index contributed by atoms with van der Waals surface area (Å²) in [5.74, 6) is -1.80. The molecule has 1 atom stereocenters. The van der Waals surface area contributed by atoms with Gasteiger partial charge in [-0.15, -0.1) is 0 Å². The van der Waals surface area contributed by atoms with Gasteiger partial charge in [0.05, 0.1) is 5.41 Å². The van der Waals surface area contributed by atoms with Gasteiger partial charge < -0.3 is 9.84 Å². The molecule has 2 aliphatic rings. The molecule has 2 aliphatic heterocycles. The molecule has 2 rings (SSSR count). The summed E-state index contributed by atoms with van der Waals surface area (Å²) in [6, 6.07) is 0. The number of hydrogen-bond donors (Lipinski definition) is 1. The van der Waals surface area contributed by atoms with Crippen LogP contribution in [0, 0.1) is 11.3 Å². The van der Waals surface area contributed by atoms with Gasteiger partial charge in [0, 0.05) is 32.1 Å². The molecule has 2 saturated heterocycles. The Morgan fingerprint density at radius 1 is 1.44 bits per heavy atom. The van der Waals surface area contributed by atoms with Crippen LogP contribution in [0.4, 0.5) is 0 Å². The van der Waals surface area contributed by atoms with Crippen molar-refractivity contribution in [3.63, 3.8) is 0 Å². The molecule has 2 heterocycles. The SMILES string of the molecule is CC1CC(=O)N(CC2(C(=O)O)CCOCC2)C1=O. The quantitative estimate of drug-likeness (QED) is 0.731. The number of carbonyl (C=O) groups is 3. The number of hydrogen-bond acceptors (Lipinski definition) is 4. The first kappa shape index (κ1) is 13.0. The topological polar surface area (TPSA) is 83.9 Å². The fourth-order valence-electron chi connectivity index (χ4n) is 2.52. The minimum atomic E-state index is -1.03. The summed E-state index contributed by atoms with van der Waals surface area (Å²) in [7, 11) is 0. The Morgan fingerprint density at radius 2 is 2.06 bits per heavy atom. The van der Waals surface area contributed by atoms with E-state index in [1.54, 1.807) is 6.92 Å². The maximum absolute atomic E-state index is 11.8. The van der Waals surface area contributed by atoms with E-state index >= 15 is 0 Å². The van der Waals surface area contributed by atoms with E-state index in [9.17, 15) is 19.5 Å². The van der Waals surface area contributed by atoms with E-state index in [1.165, 1.54) is 0 Å². The van der Waals surface area contributed by atoms with Crippen molar-refractivity contribution in [3.8, 4) is 0 Å². The standard InChI is InChI=1S/C12H17NO5/c1-8-6-9(14)13(10(8)15)7-12(11(16)17)2-4-18-5-3-12/h8H,2-7H2,1H3,(H,16,17). The molecule has 100 valence electrons. The average molecular weight is 255 g/mol. The molecule has 0 aromatic rings. The zero-order valence-electron chi connectivity index (χ0n) is 10.3. The lowest BCUT2D eigenvalue weighted by Crippen LogP contribution is -2.48. The first-order valence-electron chi connectivity index (χ1n) is 6.12. The highest BCUT2D eigenvalue weighted by molar-refractivity contribution is 6.03. The van der Waals surface area contributed by atoms with Gasteiger partial charge >= 0.3 is 5.97 Å². The van der Waals surface area contributed by atoms with Gasteiger partial charge in [0.15, 0.2) is 0 Å². The lowest BCUT2D eigenvalue weighted by atomic mass is 9.79. The van der Waals surface area contributed by atoms with Crippen LogP contribution >= 0.6 is 0 Å². The number of carboxylic acid groups (broad SMARTS) is 1. The second-order valence-electron chi connectivity index (χ2n) is 5.12. The van der Waals surface area contributed by atoms with Crippen LogP contribution < -0.4 is 0 Å². The number of nitrogens with zero attached hydrogens (tertiary/aromatic N) is 1. The van der Waals surface area contributed by atoms with Gasteiger partial charge in [0.2, 0.25) is 11.8 Å². The van der Waals surface area contributed by atoms with Gasteiger partial charge in [-0.2, -0.15) is 0 Å². The number of ether oxygens (including phenoxy) is 1. The third kappa shape index (κ3) is 2.12. The maximum Gasteiger partial charge on any atom is 0.311 e. The number of carbonyl (C=O) groups excluding carboxylic acids is 2. The molecule has 0 aromatic carbocycles. The van der Waals surface area contributed by atoms with Gasteiger partial charge in [0.1, 0.15) is 0 Å². The smallest absolute Gasteiger partial charge is 0.311 e. The summed E-state index contributed by atoms with van der Waals surface area (Å²) in [4.78, 5) is 36.1. The number of likely N-dealkylation sites (tertiary alicyclic amines) is 1. The lowest BCUT2D eigenvalue weighted by Gasteiger charge is -2.35. The molecular weight excluding hydrogens is 238 g/mol. The van der Waals surface area contributed by atoms with Crippen LogP contribution in [-0.4, -0.2) is 47.5 Å². The van der Waals surface area contributed by atoms with Crippen LogP contribution in [0.25, 0.3) is 0 Å². The Balaban J connectivity index is 2.17. The molecule has 2 fully saturated rings. The maximum atomic E-state index is 11.8. The van der Waals surface area contributed by atoms with Crippen molar-refractivity contribution in [2.24, 2.45) is 11.3 Å². The van der Waals surface area contributed by atoms with Crippen LogP contribution in [0.1, 0.15) is 26.2 Å². The summed E-state index contributed by atoms with van der Waals surface area (Å²) in [6.07, 6.45) is 0.868. The number of imide groups is 1. The van der Waals surface area contributed by atoms with Crippen molar-refractivity contribution < 1.29 is 24.2 Å². The molecule has 0 radical (unpaired) electrons. The molecule has 0 aliphatic carbocycles. The van der Waals surface area contributed by atoms with Crippen molar-refractivity contribution in [2.45, 2.75) is 26.2 Å². The molecule has 2 amide bonds. The second kappa shape index (κ2) is 4.68. The molecule has 0 saturated carbocycles. The largest absolute Gasteiger partial charge is 0.481 e. The Kier molecular flexibility index (Phi) is 3.38. The Labute approximate surface area is 105 Å². The minimum Gasteiger partial charge on any atom is -0.481 e. The molecule has 6 nitrogen and oxygen atoms in total. The highest BCUT2D eigenvalue weighted by Gasteiger charge is 2.46. The summed E-state index contributed by atoms with van der Waals surface area (Å²) in [5, 5.41) is 9.38. The van der Waals surface area contributed by atoms with Crippen LogP contribution in [0.3, 0.4) is 0 Å². The first-order chi connectivity index (χ1) is 8.46. The monoisotopic (exact) mass is 255 g/mol. The van der Waals surface area contributed by atoms with E-state index < -0.39 is 11.4 Å². The van der Waals surface area contributed by atoms with Crippen LogP contribution in [0.5, 0.6) is 0 Å². The number of aliphatic carboxylic acids is 1. The van der Waals surface area contributed by atoms with Gasteiger partial charge in [0.25, 0.3) is 0 Å². The predicted molar refractivity (Wildman–Crippen MR) is 60.6 cm³/mol. The van der Waals surface area contributed by atoms with Crippen LogP contribution in [-0.2, 0) is 19.1 Å². The van der Waals surface area contributed by atoms with Gasteiger partial charge in [-0.3, -0.25) is 19.3 Å². The Morgan fingerprint density at radius 3 is 2.50 bits per heavy atom. The Hall–Kier alpha value is -1.43. The van der Waals surface area contributed by atoms with Gasteiger partial charge in [-0.25, -0.2) is 0 Å². The number of rotatable bonds is 3. The highest BCUT2D eigenvalue weighted by atomic mass is 16.5. The van der Waals surface area contributed by atoms with Crippen LogP contribution in [0.15, 0.2) is 0 Å². The van der Waals surface area contributed by atoms with E-state index in [0.717, 1.165) is 4.90 Å². The molecule has 0 bridgehead atoms. The highest BCUT2D eigenvalue weighted by Crippen LogP contribution is 2.34. The average Bonchev–Trinajstić information content (AvgIpc) is 2.57. The summed E-state index contributed by atoms with van der Waals surface area (Å²) in [5.41, 5.74) is -1.03. The van der Waals surface area contributed by atoms with Crippen molar-refractivity contribution in [1.82, 2.24) is 4.90 Å². The van der Waals surface area contributed by atoms with E-state index in [1.807, 2.05) is 0 Å². The minimum absolute atomic E-state index is 0.0201. The van der Waals surface area contributed by atoms with E-state index in [4.69, 9.17) is 4.74 Å². The fraction of sp³-hybridized carbons (Fsp3) is 0.750. The summed E-state index contributed by atoms with van der Waals surface area (Å²) >= 11 is 0. The number of carboxylic acids is 1. The zero-order chi connectivity index (χ0) is 13.3. The summed E-state index contributed by atoms with van der Waals surface area (Å²) in [6.45, 7) is 2.39. The van der Waals surface area contributed by atoms with E-state index in [0.29, 0.717) is 26.1 Å². The number of amides is 2. The molecule has 0 aromatic heterocycles. The molecule has 0 spiro atoms. The molecule has 6 heteroatoms. The lowest BCUT2D eigenvalue weighted by molar-refractivity contribution is -0.159. The first-order valence-corrected chi connectivity index (χ1v) is 6.12. The van der Waals surface area contributed by atoms with Gasteiger partial charge in [-0.05, 0) is 12.8 Å². The second-order valence-corrected chi connectivity index (χ2v) is 5.12. The van der Waals surface area contributed by atoms with E-state index in [-0.39, 0.29) is 30.7 Å². The molecule has 1 unspecified atom stereocenters. The Bertz CT molecular complexity index is 386. The van der Waals surface area contributed by atoms with Crippen molar-refractivity contribution >= 4 is 17.8 Å². The third-order valence-electron chi connectivity index (χ3n) is 3.83. The van der Waals surface area contributed by atoms with Crippen molar-refractivity contribution in [2.75, 3.05) is 19.8 Å². The molecular formula is C12H17NO5. The predicted octanol–water partition coefficient (Wildman–Crippen LogP) is 0.263. The molecule has 18 heavy (non-hydrogen) atoms. The van der Waals surface area contributed by atoms with Crippen molar-refractivity contribution in [3.05, 3.63) is 0 Å². The van der Waals surface area contributed by atoms with Crippen molar-refractivity contribution in [1.29, 1.82) is 0 Å². The fourth-order valence-corrected chi connectivity index (χ4v) is 2.52. The summed E-state index contributed by atoms with van der Waals surface area (Å²) < 4.78 is 5.16. The van der Waals surface area contributed by atoms with Crippen LogP contribution in [0.2, 0.25) is 0 Å². The zero-order valence-corrected chi connectivity index (χ0v) is 10.3. The van der Waals surface area contributed by atoms with Gasteiger partial charge in [-0.1, -0.05) is 6.92 Å². The van der Waals surface area contributed by atoms with E-state index in [2.05, 4.69) is 0 Å². The molecule has 1 N–H and O–H groups in total.